The van der Waals surface area contributed by atoms with Gasteiger partial charge in [0.25, 0.3) is 0 Å². The molecule has 0 aromatic heterocycles. The van der Waals surface area contributed by atoms with Crippen molar-refractivity contribution < 1.29 is 0 Å². The van der Waals surface area contributed by atoms with Gasteiger partial charge in [0.2, 0.25) is 0 Å². The van der Waals surface area contributed by atoms with E-state index < -0.39 is 0 Å². The van der Waals surface area contributed by atoms with E-state index in [1.54, 1.807) is 6.08 Å². The van der Waals surface area contributed by atoms with E-state index in [4.69, 9.17) is 11.5 Å². The first kappa shape index (κ1) is 12.8. The second-order valence-corrected chi connectivity index (χ2v) is 2.83. The molecule has 0 spiro atoms. The summed E-state index contributed by atoms with van der Waals surface area (Å²) in [7, 11) is 0. The van der Waals surface area contributed by atoms with Gasteiger partial charge in [-0.15, -0.1) is 19.0 Å². The molecule has 0 aliphatic heterocycles. The number of nitrogens with two attached hydrogens (primary N) is 2. The maximum Gasteiger partial charge on any atom is 0.0380 e. The minimum Gasteiger partial charge on any atom is -0.398 e. The molecule has 0 fully saturated rings. The summed E-state index contributed by atoms with van der Waals surface area (Å²) in [6.45, 7) is 5.05. The lowest BCUT2D eigenvalue weighted by Crippen LogP contribution is -2.15. The van der Waals surface area contributed by atoms with Crippen LogP contribution in [0.5, 0.6) is 0 Å². The number of benzene rings is 1. The van der Waals surface area contributed by atoms with E-state index in [1.807, 2.05) is 18.2 Å². The molecule has 0 radical (unpaired) electrons. The lowest BCUT2D eigenvalue weighted by atomic mass is 10.1. The molecular weight excluding hydrogens is 198 g/mol. The van der Waals surface area contributed by atoms with E-state index in [-0.39, 0.29) is 12.4 Å². The molecule has 3 nitrogen and oxygen atoms in total. The van der Waals surface area contributed by atoms with Gasteiger partial charge in [0, 0.05) is 30.0 Å². The van der Waals surface area contributed by atoms with E-state index >= 15 is 0 Å². The van der Waals surface area contributed by atoms with Crippen LogP contribution in [0.4, 0.5) is 11.4 Å². The minimum absolute atomic E-state index is 0. The number of nitrogens with one attached hydrogen (secondary N) is 1. The monoisotopic (exact) mass is 213 g/mol. The largest absolute Gasteiger partial charge is 0.398 e. The molecule has 0 aliphatic carbocycles. The number of nitrogen functional groups attached to an aromatic ring is 2. The van der Waals surface area contributed by atoms with Crippen molar-refractivity contribution in [2.24, 2.45) is 0 Å². The van der Waals surface area contributed by atoms with Gasteiger partial charge in [-0.1, -0.05) is 12.1 Å². The molecule has 0 aliphatic rings. The van der Waals surface area contributed by atoms with Gasteiger partial charge >= 0.3 is 0 Å². The van der Waals surface area contributed by atoms with E-state index in [2.05, 4.69) is 11.9 Å². The molecule has 5 N–H and O–H groups in total. The summed E-state index contributed by atoms with van der Waals surface area (Å²) in [5.74, 6) is 0. The number of halogens is 1. The van der Waals surface area contributed by atoms with Gasteiger partial charge in [-0.05, 0) is 12.1 Å². The second kappa shape index (κ2) is 6.29. The first-order valence-corrected chi connectivity index (χ1v) is 4.20. The normalized spacial score (nSPS) is 9.14. The lowest BCUT2D eigenvalue weighted by Gasteiger charge is -2.08. The molecule has 78 valence electrons. The van der Waals surface area contributed by atoms with Gasteiger partial charge in [-0.2, -0.15) is 0 Å². The minimum atomic E-state index is 0. The van der Waals surface area contributed by atoms with Crippen LogP contribution in [0.1, 0.15) is 5.56 Å². The van der Waals surface area contributed by atoms with E-state index in [0.717, 1.165) is 23.5 Å². The summed E-state index contributed by atoms with van der Waals surface area (Å²) in [6.07, 6.45) is 1.80. The van der Waals surface area contributed by atoms with Crippen LogP contribution >= 0.6 is 12.4 Å². The SMILES string of the molecule is C=CCNCc1c(N)cccc1N.Cl. The zero-order chi connectivity index (χ0) is 9.68. The molecule has 0 bridgehead atoms. The Balaban J connectivity index is 0.00000169. The fraction of sp³-hybridized carbons (Fsp3) is 0.200. The Bertz CT molecular complexity index is 279. The number of rotatable bonds is 4. The Morgan fingerprint density at radius 3 is 2.36 bits per heavy atom. The highest BCUT2D eigenvalue weighted by Crippen LogP contribution is 2.18. The van der Waals surface area contributed by atoms with Crippen molar-refractivity contribution in [2.75, 3.05) is 18.0 Å². The summed E-state index contributed by atoms with van der Waals surface area (Å²) in [6, 6.07) is 5.55. The summed E-state index contributed by atoms with van der Waals surface area (Å²) >= 11 is 0. The first-order valence-electron chi connectivity index (χ1n) is 4.20. The van der Waals surface area contributed by atoms with Crippen molar-refractivity contribution in [3.63, 3.8) is 0 Å². The molecule has 0 amide bonds. The molecule has 4 heteroatoms. The number of anilines is 2. The lowest BCUT2D eigenvalue weighted by molar-refractivity contribution is 0.764. The van der Waals surface area contributed by atoms with Crippen molar-refractivity contribution in [3.8, 4) is 0 Å². The predicted molar refractivity (Wildman–Crippen MR) is 64.4 cm³/mol. The summed E-state index contributed by atoms with van der Waals surface area (Å²) in [5, 5.41) is 3.15. The number of hydrogen-bond donors (Lipinski definition) is 3. The average Bonchev–Trinajstić information content (AvgIpc) is 2.10. The summed E-state index contributed by atoms with van der Waals surface area (Å²) in [4.78, 5) is 0. The van der Waals surface area contributed by atoms with Gasteiger partial charge < -0.3 is 16.8 Å². The Kier molecular flexibility index (Phi) is 5.76. The van der Waals surface area contributed by atoms with Crippen LogP contribution in [0.15, 0.2) is 30.9 Å². The first-order chi connectivity index (χ1) is 6.25. The van der Waals surface area contributed by atoms with E-state index in [1.165, 1.54) is 0 Å². The third kappa shape index (κ3) is 3.28. The van der Waals surface area contributed by atoms with Crippen LogP contribution in [0.25, 0.3) is 0 Å². The maximum atomic E-state index is 5.76. The average molecular weight is 214 g/mol. The highest BCUT2D eigenvalue weighted by molar-refractivity contribution is 5.85. The maximum absolute atomic E-state index is 5.76. The molecule has 0 atom stereocenters. The van der Waals surface area contributed by atoms with Crippen molar-refractivity contribution in [2.45, 2.75) is 6.54 Å². The molecule has 14 heavy (non-hydrogen) atoms. The smallest absolute Gasteiger partial charge is 0.0380 e. The molecule has 0 heterocycles. The Labute approximate surface area is 90.6 Å². The van der Waals surface area contributed by atoms with Gasteiger partial charge in [-0.25, -0.2) is 0 Å². The Morgan fingerprint density at radius 2 is 1.86 bits per heavy atom. The molecule has 1 aromatic carbocycles. The molecule has 1 rings (SSSR count). The summed E-state index contributed by atoms with van der Waals surface area (Å²) in [5.41, 5.74) is 13.9. The Morgan fingerprint density at radius 1 is 1.29 bits per heavy atom. The second-order valence-electron chi connectivity index (χ2n) is 2.83. The van der Waals surface area contributed by atoms with Crippen LogP contribution in [0, 0.1) is 0 Å². The predicted octanol–water partition coefficient (Wildman–Crippen LogP) is 1.55. The standard InChI is InChI=1S/C10H15N3.ClH/c1-2-6-13-7-8-9(11)4-3-5-10(8)12;/h2-5,13H,1,6-7,11-12H2;1H. The van der Waals surface area contributed by atoms with Crippen molar-refractivity contribution >= 4 is 23.8 Å². The van der Waals surface area contributed by atoms with Crippen LogP contribution < -0.4 is 16.8 Å². The molecular formula is C10H16ClN3. The molecule has 1 aromatic rings. The van der Waals surface area contributed by atoms with Crippen LogP contribution in [-0.4, -0.2) is 6.54 Å². The van der Waals surface area contributed by atoms with Crippen LogP contribution in [0.3, 0.4) is 0 Å². The molecule has 0 unspecified atom stereocenters. The quantitative estimate of drug-likeness (QED) is 0.404. The summed E-state index contributed by atoms with van der Waals surface area (Å²) < 4.78 is 0. The number of hydrogen-bond acceptors (Lipinski definition) is 3. The fourth-order valence-corrected chi connectivity index (χ4v) is 1.13. The topological polar surface area (TPSA) is 64.1 Å². The van der Waals surface area contributed by atoms with Crippen LogP contribution in [0.2, 0.25) is 0 Å². The van der Waals surface area contributed by atoms with Crippen LogP contribution in [-0.2, 0) is 6.54 Å². The zero-order valence-corrected chi connectivity index (χ0v) is 8.81. The third-order valence-electron chi connectivity index (χ3n) is 1.84. The van der Waals surface area contributed by atoms with Gasteiger partial charge in [0.1, 0.15) is 0 Å². The molecule has 0 saturated heterocycles. The van der Waals surface area contributed by atoms with Crippen molar-refractivity contribution in [1.29, 1.82) is 0 Å². The van der Waals surface area contributed by atoms with Gasteiger partial charge in [0.05, 0.1) is 0 Å². The zero-order valence-electron chi connectivity index (χ0n) is 7.99. The highest BCUT2D eigenvalue weighted by Gasteiger charge is 2.01. The van der Waals surface area contributed by atoms with Crippen molar-refractivity contribution in [3.05, 3.63) is 36.4 Å². The van der Waals surface area contributed by atoms with Gasteiger partial charge in [-0.3, -0.25) is 0 Å². The van der Waals surface area contributed by atoms with E-state index in [9.17, 15) is 0 Å². The molecule has 0 saturated carbocycles. The fourth-order valence-electron chi connectivity index (χ4n) is 1.13. The van der Waals surface area contributed by atoms with Gasteiger partial charge in [0.15, 0.2) is 0 Å². The van der Waals surface area contributed by atoms with E-state index in [0.29, 0.717) is 6.54 Å². The van der Waals surface area contributed by atoms with Crippen molar-refractivity contribution in [1.82, 2.24) is 5.32 Å². The Hall–Kier alpha value is -1.19. The highest BCUT2D eigenvalue weighted by atomic mass is 35.5. The third-order valence-corrected chi connectivity index (χ3v) is 1.84.